The van der Waals surface area contributed by atoms with E-state index in [4.69, 9.17) is 5.14 Å². The zero-order chi connectivity index (χ0) is 25.5. The number of aryl methyl sites for hydroxylation is 1. The van der Waals surface area contributed by atoms with Crippen LogP contribution >= 0.6 is 0 Å². The number of sulfone groups is 1. The molecule has 1 saturated heterocycles. The highest BCUT2D eigenvalue weighted by molar-refractivity contribution is 7.91. The Bertz CT molecular complexity index is 1600. The fourth-order valence-electron chi connectivity index (χ4n) is 4.42. The van der Waals surface area contributed by atoms with Crippen LogP contribution in [0.3, 0.4) is 0 Å². The van der Waals surface area contributed by atoms with Gasteiger partial charge in [0.2, 0.25) is 16.0 Å². The number of nitrogens with zero attached hydrogens (tertiary/aromatic N) is 4. The van der Waals surface area contributed by atoms with Gasteiger partial charge in [-0.2, -0.15) is 4.98 Å². The predicted molar refractivity (Wildman–Crippen MR) is 132 cm³/mol. The third-order valence-electron chi connectivity index (χ3n) is 6.24. The molecule has 1 aliphatic heterocycles. The normalized spacial score (nSPS) is 16.5. The van der Waals surface area contributed by atoms with Crippen LogP contribution in [0.2, 0.25) is 0 Å². The largest absolute Gasteiger partial charge is 0.353 e. The van der Waals surface area contributed by atoms with Gasteiger partial charge in [-0.3, -0.25) is 18.5 Å². The molecule has 3 heterocycles. The summed E-state index contributed by atoms with van der Waals surface area (Å²) in [6, 6.07) is 5.97. The van der Waals surface area contributed by atoms with Gasteiger partial charge in [-0.15, -0.1) is 0 Å². The molecule has 3 N–H and O–H groups in total. The Morgan fingerprint density at radius 2 is 1.69 bits per heavy atom. The van der Waals surface area contributed by atoms with Gasteiger partial charge in [-0.25, -0.2) is 26.8 Å². The molecule has 0 atom stereocenters. The fourth-order valence-corrected chi connectivity index (χ4v) is 6.68. The van der Waals surface area contributed by atoms with Crippen LogP contribution in [0.5, 0.6) is 0 Å². The van der Waals surface area contributed by atoms with Gasteiger partial charge in [-0.1, -0.05) is 18.2 Å². The molecule has 3 aromatic rings. The SMILES string of the molecule is CCn1c(=O)c2c(nc(NC3CCS(=O)(=O)CC3)n2Cc2ccccc2S(N)(=O)=O)n(CC)c1=O. The summed E-state index contributed by atoms with van der Waals surface area (Å²) in [4.78, 5) is 30.7. The number of fused-ring (bicyclic) bond motifs is 1. The van der Waals surface area contributed by atoms with Gasteiger partial charge in [0.25, 0.3) is 5.56 Å². The predicted octanol–water partition coefficient (Wildman–Crippen LogP) is 0.0843. The van der Waals surface area contributed by atoms with Gasteiger partial charge in [0.15, 0.2) is 11.2 Å². The molecule has 0 unspecified atom stereocenters. The van der Waals surface area contributed by atoms with Crippen molar-refractivity contribution in [1.29, 1.82) is 0 Å². The van der Waals surface area contributed by atoms with E-state index in [1.807, 2.05) is 0 Å². The average molecular weight is 525 g/mol. The molecule has 2 aromatic heterocycles. The molecular formula is C21H28N6O6S2. The lowest BCUT2D eigenvalue weighted by Gasteiger charge is -2.24. The summed E-state index contributed by atoms with van der Waals surface area (Å²) < 4.78 is 52.1. The smallest absolute Gasteiger partial charge is 0.332 e. The van der Waals surface area contributed by atoms with Gasteiger partial charge in [0.1, 0.15) is 9.84 Å². The Kier molecular flexibility index (Phi) is 6.64. The van der Waals surface area contributed by atoms with Crippen LogP contribution in [0.4, 0.5) is 5.95 Å². The average Bonchev–Trinajstić information content (AvgIpc) is 3.13. The molecule has 1 fully saturated rings. The maximum Gasteiger partial charge on any atom is 0.332 e. The van der Waals surface area contributed by atoms with E-state index in [0.29, 0.717) is 18.4 Å². The van der Waals surface area contributed by atoms with E-state index in [0.717, 1.165) is 4.57 Å². The van der Waals surface area contributed by atoms with Crippen molar-refractivity contribution in [2.45, 2.75) is 57.3 Å². The van der Waals surface area contributed by atoms with E-state index in [2.05, 4.69) is 10.3 Å². The van der Waals surface area contributed by atoms with Gasteiger partial charge < -0.3 is 5.32 Å². The molecule has 0 saturated carbocycles. The third-order valence-corrected chi connectivity index (χ3v) is 8.97. The first-order valence-electron chi connectivity index (χ1n) is 11.3. The second kappa shape index (κ2) is 9.24. The molecule has 1 aliphatic rings. The maximum absolute atomic E-state index is 13.4. The Labute approximate surface area is 202 Å². The van der Waals surface area contributed by atoms with Crippen molar-refractivity contribution in [2.75, 3.05) is 16.8 Å². The van der Waals surface area contributed by atoms with Crippen LogP contribution in [0.15, 0.2) is 38.8 Å². The Hall–Kier alpha value is -2.97. The van der Waals surface area contributed by atoms with E-state index in [9.17, 15) is 26.4 Å². The number of imidazole rings is 1. The fraction of sp³-hybridized carbons (Fsp3) is 0.476. The van der Waals surface area contributed by atoms with Crippen LogP contribution in [0.25, 0.3) is 11.2 Å². The van der Waals surface area contributed by atoms with Gasteiger partial charge in [-0.05, 0) is 38.3 Å². The van der Waals surface area contributed by atoms with Crippen molar-refractivity contribution < 1.29 is 16.8 Å². The van der Waals surface area contributed by atoms with Crippen LogP contribution in [-0.4, -0.2) is 53.1 Å². The highest BCUT2D eigenvalue weighted by atomic mass is 32.2. The Morgan fingerprint density at radius 1 is 1.06 bits per heavy atom. The Morgan fingerprint density at radius 3 is 2.29 bits per heavy atom. The lowest BCUT2D eigenvalue weighted by molar-refractivity contribution is 0.557. The zero-order valence-corrected chi connectivity index (χ0v) is 21.1. The number of sulfonamides is 1. The second-order valence-corrected chi connectivity index (χ2v) is 12.3. The highest BCUT2D eigenvalue weighted by Gasteiger charge is 2.27. The second-order valence-electron chi connectivity index (χ2n) is 8.49. The third kappa shape index (κ3) is 4.77. The molecular weight excluding hydrogens is 496 g/mol. The molecule has 0 bridgehead atoms. The summed E-state index contributed by atoms with van der Waals surface area (Å²) in [6.07, 6.45) is 0.720. The van der Waals surface area contributed by atoms with Crippen LogP contribution < -0.4 is 21.7 Å². The van der Waals surface area contributed by atoms with Gasteiger partial charge in [0.05, 0.1) is 22.9 Å². The minimum Gasteiger partial charge on any atom is -0.353 e. The van der Waals surface area contributed by atoms with Crippen molar-refractivity contribution in [3.05, 3.63) is 50.7 Å². The summed E-state index contributed by atoms with van der Waals surface area (Å²) in [5.41, 5.74) is -0.371. The number of rotatable bonds is 7. The van der Waals surface area contributed by atoms with E-state index in [-0.39, 0.29) is 59.2 Å². The number of hydrogen-bond acceptors (Lipinski definition) is 8. The summed E-state index contributed by atoms with van der Waals surface area (Å²) in [5, 5.41) is 8.65. The zero-order valence-electron chi connectivity index (χ0n) is 19.5. The first-order valence-corrected chi connectivity index (χ1v) is 14.6. The number of primary sulfonamides is 1. The Balaban J connectivity index is 1.94. The number of anilines is 1. The number of benzene rings is 1. The molecule has 0 radical (unpaired) electrons. The van der Waals surface area contributed by atoms with Gasteiger partial charge in [0, 0.05) is 19.1 Å². The summed E-state index contributed by atoms with van der Waals surface area (Å²) in [6.45, 7) is 3.81. The number of nitrogens with two attached hydrogens (primary N) is 1. The van der Waals surface area contributed by atoms with Crippen molar-refractivity contribution in [1.82, 2.24) is 18.7 Å². The topological polar surface area (TPSA) is 168 Å². The number of hydrogen-bond donors (Lipinski definition) is 2. The summed E-state index contributed by atoms with van der Waals surface area (Å²) in [7, 11) is -7.14. The lowest BCUT2D eigenvalue weighted by Crippen LogP contribution is -2.40. The monoisotopic (exact) mass is 524 g/mol. The molecule has 190 valence electrons. The number of aromatic nitrogens is 4. The first-order chi connectivity index (χ1) is 16.5. The van der Waals surface area contributed by atoms with Gasteiger partial charge >= 0.3 is 5.69 Å². The van der Waals surface area contributed by atoms with E-state index in [1.54, 1.807) is 36.6 Å². The molecule has 14 heteroatoms. The minimum absolute atomic E-state index is 0.0292. The van der Waals surface area contributed by atoms with Crippen LogP contribution in [0, 0.1) is 0 Å². The standard InChI is InChI=1S/C21H28N6O6S2/c1-3-25-18-17(19(28)26(4-2)21(25)29)27(13-14-7-5-6-8-16(14)35(22,32)33)20(24-18)23-15-9-11-34(30,31)12-10-15/h5-8,15H,3-4,9-13H2,1-2H3,(H,23,24)(H2,22,32,33). The molecule has 0 aliphatic carbocycles. The summed E-state index contributed by atoms with van der Waals surface area (Å²) in [5.74, 6) is 0.309. The molecule has 4 rings (SSSR count). The molecule has 12 nitrogen and oxygen atoms in total. The first kappa shape index (κ1) is 25.1. The molecule has 0 amide bonds. The number of nitrogens with one attached hydrogen (secondary N) is 1. The van der Waals surface area contributed by atoms with Crippen molar-refractivity contribution in [2.24, 2.45) is 5.14 Å². The highest BCUT2D eigenvalue weighted by Crippen LogP contribution is 2.24. The summed E-state index contributed by atoms with van der Waals surface area (Å²) >= 11 is 0. The van der Waals surface area contributed by atoms with Crippen LogP contribution in [-0.2, 0) is 39.5 Å². The van der Waals surface area contributed by atoms with E-state index >= 15 is 0 Å². The lowest BCUT2D eigenvalue weighted by atomic mass is 10.1. The van der Waals surface area contributed by atoms with Crippen molar-refractivity contribution in [3.63, 3.8) is 0 Å². The van der Waals surface area contributed by atoms with E-state index in [1.165, 1.54) is 10.6 Å². The molecule has 0 spiro atoms. The quantitative estimate of drug-likeness (QED) is 0.438. The van der Waals surface area contributed by atoms with Crippen molar-refractivity contribution >= 4 is 37.0 Å². The minimum atomic E-state index is -4.04. The van der Waals surface area contributed by atoms with Crippen LogP contribution in [0.1, 0.15) is 32.3 Å². The van der Waals surface area contributed by atoms with E-state index < -0.39 is 31.1 Å². The maximum atomic E-state index is 13.4. The van der Waals surface area contributed by atoms with Crippen molar-refractivity contribution in [3.8, 4) is 0 Å². The molecule has 1 aromatic carbocycles. The molecule has 35 heavy (non-hydrogen) atoms.